The van der Waals surface area contributed by atoms with E-state index in [-0.39, 0.29) is 11.8 Å². The Balaban J connectivity index is 1.39. The number of ether oxygens (including phenoxy) is 1. The normalized spacial score (nSPS) is 15.9. The van der Waals surface area contributed by atoms with Gasteiger partial charge in [-0.1, -0.05) is 0 Å². The van der Waals surface area contributed by atoms with E-state index in [4.69, 9.17) is 4.74 Å². The Labute approximate surface area is 180 Å². The second-order valence-electron chi connectivity index (χ2n) is 7.36. The maximum Gasteiger partial charge on any atom is 0.337 e. The van der Waals surface area contributed by atoms with Gasteiger partial charge in [0, 0.05) is 36.7 Å². The summed E-state index contributed by atoms with van der Waals surface area (Å²) in [5.74, 6) is 0.155. The summed E-state index contributed by atoms with van der Waals surface area (Å²) in [7, 11) is 1.34. The second-order valence-corrected chi connectivity index (χ2v) is 7.36. The van der Waals surface area contributed by atoms with Crippen molar-refractivity contribution in [2.24, 2.45) is 5.92 Å². The van der Waals surface area contributed by atoms with Gasteiger partial charge in [0.05, 0.1) is 24.3 Å². The van der Waals surface area contributed by atoms with Crippen LogP contribution in [0.25, 0.3) is 11.3 Å². The Hall–Kier alpha value is -3.81. The summed E-state index contributed by atoms with van der Waals surface area (Å²) in [5, 5.41) is 11.6. The van der Waals surface area contributed by atoms with E-state index in [2.05, 4.69) is 25.4 Å². The summed E-state index contributed by atoms with van der Waals surface area (Å²) >= 11 is 0. The highest BCUT2D eigenvalue weighted by Crippen LogP contribution is 2.24. The van der Waals surface area contributed by atoms with E-state index in [0.29, 0.717) is 17.8 Å². The number of hydrogen-bond donors (Lipinski definition) is 1. The Morgan fingerprint density at radius 1 is 1.03 bits per heavy atom. The van der Waals surface area contributed by atoms with Crippen LogP contribution in [0, 0.1) is 5.92 Å². The minimum absolute atomic E-state index is 0.0446. The number of nitrogens with zero attached hydrogens (tertiary/aromatic N) is 4. The third kappa shape index (κ3) is 4.85. The molecule has 1 saturated heterocycles. The number of amides is 1. The predicted molar refractivity (Wildman–Crippen MR) is 117 cm³/mol. The highest BCUT2D eigenvalue weighted by Gasteiger charge is 2.27. The van der Waals surface area contributed by atoms with Gasteiger partial charge >= 0.3 is 5.97 Å². The molecule has 4 rings (SSSR count). The summed E-state index contributed by atoms with van der Waals surface area (Å²) in [5.41, 5.74) is 2.84. The maximum absolute atomic E-state index is 12.8. The lowest BCUT2D eigenvalue weighted by atomic mass is 9.97. The largest absolute Gasteiger partial charge is 0.465 e. The number of nitrogens with one attached hydrogen (secondary N) is 1. The smallest absolute Gasteiger partial charge is 0.337 e. The van der Waals surface area contributed by atoms with E-state index >= 15 is 0 Å². The van der Waals surface area contributed by atoms with Gasteiger partial charge in [-0.25, -0.2) is 4.79 Å². The van der Waals surface area contributed by atoms with Crippen LogP contribution in [0.15, 0.2) is 60.9 Å². The zero-order valence-corrected chi connectivity index (χ0v) is 17.2. The molecule has 1 fully saturated rings. The van der Waals surface area contributed by atoms with Crippen molar-refractivity contribution in [1.82, 2.24) is 15.2 Å². The maximum atomic E-state index is 12.8. The second kappa shape index (κ2) is 9.34. The molecule has 0 radical (unpaired) electrons. The molecule has 1 amide bonds. The molecule has 0 aliphatic carbocycles. The highest BCUT2D eigenvalue weighted by molar-refractivity contribution is 5.94. The molecule has 1 unspecified atom stereocenters. The third-order valence-corrected chi connectivity index (χ3v) is 5.32. The molecule has 0 saturated carbocycles. The van der Waals surface area contributed by atoms with E-state index in [1.165, 1.54) is 7.11 Å². The SMILES string of the molecule is COC(=O)c1ccc(NC(=O)C2CCCN(c3ccc(-c4ccncc4)nn3)C2)cc1. The number of carbonyl (C=O) groups is 2. The molecule has 2 aromatic heterocycles. The monoisotopic (exact) mass is 417 g/mol. The quantitative estimate of drug-likeness (QED) is 0.637. The number of carbonyl (C=O) groups excluding carboxylic acids is 2. The van der Waals surface area contributed by atoms with Crippen molar-refractivity contribution in [3.63, 3.8) is 0 Å². The molecule has 1 aromatic carbocycles. The van der Waals surface area contributed by atoms with Crippen LogP contribution in [0.5, 0.6) is 0 Å². The van der Waals surface area contributed by atoms with Crippen molar-refractivity contribution in [3.05, 3.63) is 66.5 Å². The lowest BCUT2D eigenvalue weighted by Crippen LogP contribution is -2.41. The van der Waals surface area contributed by atoms with Crippen molar-refractivity contribution in [2.75, 3.05) is 30.4 Å². The van der Waals surface area contributed by atoms with Crippen LogP contribution in [0.1, 0.15) is 23.2 Å². The van der Waals surface area contributed by atoms with Crippen LogP contribution >= 0.6 is 0 Å². The fraction of sp³-hybridized carbons (Fsp3) is 0.261. The zero-order chi connectivity index (χ0) is 21.6. The van der Waals surface area contributed by atoms with Crippen molar-refractivity contribution in [2.45, 2.75) is 12.8 Å². The van der Waals surface area contributed by atoms with Crippen LogP contribution in [0.4, 0.5) is 11.5 Å². The molecule has 1 atom stereocenters. The fourth-order valence-corrected chi connectivity index (χ4v) is 3.62. The van der Waals surface area contributed by atoms with E-state index in [0.717, 1.165) is 36.5 Å². The number of aromatic nitrogens is 3. The molecule has 1 N–H and O–H groups in total. The van der Waals surface area contributed by atoms with Crippen LogP contribution < -0.4 is 10.2 Å². The molecule has 3 heterocycles. The van der Waals surface area contributed by atoms with Crippen LogP contribution in [0.2, 0.25) is 0 Å². The fourth-order valence-electron chi connectivity index (χ4n) is 3.62. The van der Waals surface area contributed by atoms with Crippen LogP contribution in [-0.2, 0) is 9.53 Å². The Morgan fingerprint density at radius 3 is 2.48 bits per heavy atom. The van der Waals surface area contributed by atoms with Gasteiger partial charge in [0.2, 0.25) is 5.91 Å². The van der Waals surface area contributed by atoms with Gasteiger partial charge in [-0.2, -0.15) is 0 Å². The number of benzene rings is 1. The van der Waals surface area contributed by atoms with Gasteiger partial charge in [0.15, 0.2) is 5.82 Å². The average Bonchev–Trinajstić information content (AvgIpc) is 2.85. The van der Waals surface area contributed by atoms with Crippen molar-refractivity contribution >= 4 is 23.4 Å². The number of methoxy groups -OCH3 is 1. The van der Waals surface area contributed by atoms with Crippen molar-refractivity contribution in [3.8, 4) is 11.3 Å². The number of esters is 1. The lowest BCUT2D eigenvalue weighted by molar-refractivity contribution is -0.120. The van der Waals surface area contributed by atoms with Gasteiger partial charge in [-0.3, -0.25) is 9.78 Å². The summed E-state index contributed by atoms with van der Waals surface area (Å²) in [6, 6.07) is 14.3. The zero-order valence-electron chi connectivity index (χ0n) is 17.2. The van der Waals surface area contributed by atoms with Gasteiger partial charge in [0.25, 0.3) is 0 Å². The molecule has 0 bridgehead atoms. The van der Waals surface area contributed by atoms with E-state index < -0.39 is 5.97 Å². The minimum atomic E-state index is -0.406. The van der Waals surface area contributed by atoms with Crippen molar-refractivity contribution in [1.29, 1.82) is 0 Å². The first-order valence-corrected chi connectivity index (χ1v) is 10.1. The molecular weight excluding hydrogens is 394 g/mol. The molecule has 31 heavy (non-hydrogen) atoms. The molecule has 1 aliphatic rings. The van der Waals surface area contributed by atoms with Gasteiger partial charge in [-0.15, -0.1) is 10.2 Å². The lowest BCUT2D eigenvalue weighted by Gasteiger charge is -2.32. The molecule has 3 aromatic rings. The summed E-state index contributed by atoms with van der Waals surface area (Å²) in [4.78, 5) is 30.4. The first kappa shape index (κ1) is 20.5. The number of anilines is 2. The molecule has 0 spiro atoms. The van der Waals surface area contributed by atoms with E-state index in [9.17, 15) is 9.59 Å². The summed E-state index contributed by atoms with van der Waals surface area (Å²) < 4.78 is 4.69. The molecule has 8 nitrogen and oxygen atoms in total. The Morgan fingerprint density at radius 2 is 1.81 bits per heavy atom. The minimum Gasteiger partial charge on any atom is -0.465 e. The standard InChI is InChI=1S/C23H23N5O3/c1-31-23(30)17-4-6-19(7-5-17)25-22(29)18-3-2-14-28(15-18)21-9-8-20(26-27-21)16-10-12-24-13-11-16/h4-13,18H,2-3,14-15H2,1H3,(H,25,29). The first-order chi connectivity index (χ1) is 15.1. The number of piperidine rings is 1. The van der Waals surface area contributed by atoms with E-state index in [1.54, 1.807) is 36.7 Å². The van der Waals surface area contributed by atoms with Crippen molar-refractivity contribution < 1.29 is 14.3 Å². The number of hydrogen-bond acceptors (Lipinski definition) is 7. The summed E-state index contributed by atoms with van der Waals surface area (Å²) in [6.07, 6.45) is 5.15. The number of rotatable bonds is 5. The van der Waals surface area contributed by atoms with Gasteiger partial charge < -0.3 is 15.0 Å². The summed E-state index contributed by atoms with van der Waals surface area (Å²) in [6.45, 7) is 1.41. The highest BCUT2D eigenvalue weighted by atomic mass is 16.5. The Kier molecular flexibility index (Phi) is 6.16. The Bertz CT molecular complexity index is 1040. The predicted octanol–water partition coefficient (Wildman–Crippen LogP) is 3.18. The van der Waals surface area contributed by atoms with Crippen LogP contribution in [-0.4, -0.2) is 47.3 Å². The average molecular weight is 417 g/mol. The van der Waals surface area contributed by atoms with E-state index in [1.807, 2.05) is 24.3 Å². The first-order valence-electron chi connectivity index (χ1n) is 10.1. The molecule has 8 heteroatoms. The topological polar surface area (TPSA) is 97.3 Å². The van der Waals surface area contributed by atoms with Crippen LogP contribution in [0.3, 0.4) is 0 Å². The van der Waals surface area contributed by atoms with Gasteiger partial charge in [0.1, 0.15) is 0 Å². The van der Waals surface area contributed by atoms with Gasteiger partial charge in [-0.05, 0) is 61.4 Å². The molecule has 158 valence electrons. The number of pyridine rings is 1. The molecular formula is C23H23N5O3. The molecule has 1 aliphatic heterocycles. The third-order valence-electron chi connectivity index (χ3n) is 5.32.